The first-order chi connectivity index (χ1) is 6.18. The summed E-state index contributed by atoms with van der Waals surface area (Å²) < 4.78 is 0. The van der Waals surface area contributed by atoms with Crippen molar-refractivity contribution >= 4 is 17.3 Å². The Kier molecular flexibility index (Phi) is 2.14. The highest BCUT2D eigenvalue weighted by molar-refractivity contribution is 6.33. The number of pyridine rings is 1. The van der Waals surface area contributed by atoms with Gasteiger partial charge in [0, 0.05) is 12.2 Å². The number of anilines is 1. The molecular formula is C9H11ClN2O. The Bertz CT molecular complexity index is 341. The van der Waals surface area contributed by atoms with Crippen LogP contribution >= 0.6 is 11.6 Å². The van der Waals surface area contributed by atoms with Gasteiger partial charge in [0.1, 0.15) is 0 Å². The van der Waals surface area contributed by atoms with E-state index < -0.39 is 6.10 Å². The van der Waals surface area contributed by atoms with E-state index in [2.05, 4.69) is 10.3 Å². The second kappa shape index (κ2) is 3.16. The average molecular weight is 199 g/mol. The lowest BCUT2D eigenvalue weighted by Gasteiger charge is -2.23. The summed E-state index contributed by atoms with van der Waals surface area (Å²) in [5.41, 5.74) is 2.30. The minimum Gasteiger partial charge on any atom is -0.387 e. The molecule has 0 saturated heterocycles. The summed E-state index contributed by atoms with van der Waals surface area (Å²) in [5, 5.41) is 13.4. The van der Waals surface area contributed by atoms with E-state index in [1.807, 2.05) is 6.92 Å². The van der Waals surface area contributed by atoms with Crippen LogP contribution in [0.15, 0.2) is 6.07 Å². The lowest BCUT2D eigenvalue weighted by molar-refractivity contribution is 0.163. The Balaban J connectivity index is 2.56. The summed E-state index contributed by atoms with van der Waals surface area (Å²) >= 11 is 6.00. The third-order valence-electron chi connectivity index (χ3n) is 2.16. The highest BCUT2D eigenvalue weighted by Gasteiger charge is 2.21. The molecule has 0 aromatic carbocycles. The Morgan fingerprint density at radius 2 is 2.46 bits per heavy atom. The number of nitrogens with zero attached hydrogens (tertiary/aromatic N) is 1. The maximum atomic E-state index is 9.65. The molecule has 0 fully saturated rings. The topological polar surface area (TPSA) is 45.2 Å². The normalized spacial score (nSPS) is 20.7. The molecule has 1 atom stereocenters. The van der Waals surface area contributed by atoms with Gasteiger partial charge in [-0.1, -0.05) is 11.6 Å². The van der Waals surface area contributed by atoms with E-state index in [1.54, 1.807) is 6.07 Å². The van der Waals surface area contributed by atoms with E-state index in [-0.39, 0.29) is 0 Å². The molecule has 0 bridgehead atoms. The molecule has 1 aromatic rings. The van der Waals surface area contributed by atoms with Crippen LogP contribution in [0.2, 0.25) is 5.02 Å². The molecule has 0 aliphatic carbocycles. The SMILES string of the molecule is Cc1cc(Cl)c2c(n1)C(O)CCN2. The van der Waals surface area contributed by atoms with Gasteiger partial charge in [-0.3, -0.25) is 4.98 Å². The fourth-order valence-corrected chi connectivity index (χ4v) is 1.86. The number of aryl methyl sites for hydroxylation is 1. The third-order valence-corrected chi connectivity index (χ3v) is 2.46. The zero-order valence-corrected chi connectivity index (χ0v) is 8.10. The maximum absolute atomic E-state index is 9.65. The van der Waals surface area contributed by atoms with Crippen LogP contribution in [0, 0.1) is 6.92 Å². The van der Waals surface area contributed by atoms with Crippen molar-refractivity contribution in [2.75, 3.05) is 11.9 Å². The van der Waals surface area contributed by atoms with Crippen LogP contribution < -0.4 is 5.32 Å². The van der Waals surface area contributed by atoms with Gasteiger partial charge in [-0.25, -0.2) is 0 Å². The molecule has 1 unspecified atom stereocenters. The molecular weight excluding hydrogens is 188 g/mol. The van der Waals surface area contributed by atoms with Crippen LogP contribution in [-0.2, 0) is 0 Å². The number of fused-ring (bicyclic) bond motifs is 1. The number of halogens is 1. The highest BCUT2D eigenvalue weighted by Crippen LogP contribution is 2.33. The van der Waals surface area contributed by atoms with Crippen molar-refractivity contribution in [3.05, 3.63) is 22.5 Å². The second-order valence-corrected chi connectivity index (χ2v) is 3.64. The standard InChI is InChI=1S/C9H11ClN2O/c1-5-4-6(10)8-9(12-5)7(13)2-3-11-8/h4,7,11,13H,2-3H2,1H3. The average Bonchev–Trinajstić information content (AvgIpc) is 2.07. The van der Waals surface area contributed by atoms with Crippen LogP contribution in [0.25, 0.3) is 0 Å². The largest absolute Gasteiger partial charge is 0.387 e. The molecule has 0 amide bonds. The molecule has 3 nitrogen and oxygen atoms in total. The molecule has 70 valence electrons. The van der Waals surface area contributed by atoms with E-state index >= 15 is 0 Å². The molecule has 0 spiro atoms. The molecule has 4 heteroatoms. The number of hydrogen-bond acceptors (Lipinski definition) is 3. The maximum Gasteiger partial charge on any atom is 0.0998 e. The summed E-state index contributed by atoms with van der Waals surface area (Å²) in [6, 6.07) is 1.80. The van der Waals surface area contributed by atoms with E-state index in [9.17, 15) is 5.11 Å². The lowest BCUT2D eigenvalue weighted by Crippen LogP contribution is -2.18. The van der Waals surface area contributed by atoms with Crippen molar-refractivity contribution in [1.82, 2.24) is 4.98 Å². The number of nitrogens with one attached hydrogen (secondary N) is 1. The van der Waals surface area contributed by atoms with Crippen LogP contribution in [-0.4, -0.2) is 16.6 Å². The first-order valence-corrected chi connectivity index (χ1v) is 4.65. The Morgan fingerprint density at radius 3 is 3.23 bits per heavy atom. The van der Waals surface area contributed by atoms with Crippen molar-refractivity contribution in [1.29, 1.82) is 0 Å². The van der Waals surface area contributed by atoms with Crippen LogP contribution in [0.5, 0.6) is 0 Å². The fourth-order valence-electron chi connectivity index (χ4n) is 1.54. The molecule has 0 radical (unpaired) electrons. The molecule has 2 N–H and O–H groups in total. The van der Waals surface area contributed by atoms with Crippen molar-refractivity contribution < 1.29 is 5.11 Å². The zero-order valence-electron chi connectivity index (χ0n) is 7.34. The number of aliphatic hydroxyl groups is 1. The van der Waals surface area contributed by atoms with E-state index in [0.717, 1.165) is 17.9 Å². The van der Waals surface area contributed by atoms with Gasteiger partial charge in [-0.2, -0.15) is 0 Å². The highest BCUT2D eigenvalue weighted by atomic mass is 35.5. The van der Waals surface area contributed by atoms with Gasteiger partial charge in [0.2, 0.25) is 0 Å². The number of aliphatic hydroxyl groups excluding tert-OH is 1. The van der Waals surface area contributed by atoms with Crippen LogP contribution in [0.1, 0.15) is 23.9 Å². The molecule has 0 saturated carbocycles. The Morgan fingerprint density at radius 1 is 1.69 bits per heavy atom. The smallest absolute Gasteiger partial charge is 0.0998 e. The zero-order chi connectivity index (χ0) is 9.42. The van der Waals surface area contributed by atoms with Crippen molar-refractivity contribution in [3.8, 4) is 0 Å². The van der Waals surface area contributed by atoms with E-state index in [1.165, 1.54) is 0 Å². The van der Waals surface area contributed by atoms with Crippen LogP contribution in [0.4, 0.5) is 5.69 Å². The minimum atomic E-state index is -0.478. The molecule has 2 heterocycles. The van der Waals surface area contributed by atoms with Crippen molar-refractivity contribution in [3.63, 3.8) is 0 Å². The quantitative estimate of drug-likeness (QED) is 0.669. The van der Waals surface area contributed by atoms with Crippen LogP contribution in [0.3, 0.4) is 0 Å². The van der Waals surface area contributed by atoms with Crippen molar-refractivity contribution in [2.24, 2.45) is 0 Å². The Hall–Kier alpha value is -0.800. The molecule has 1 aliphatic heterocycles. The van der Waals surface area contributed by atoms with Gasteiger partial charge in [0.25, 0.3) is 0 Å². The monoisotopic (exact) mass is 198 g/mol. The summed E-state index contributed by atoms with van der Waals surface area (Å²) in [4.78, 5) is 4.26. The van der Waals surface area contributed by atoms with Gasteiger partial charge in [-0.05, 0) is 19.4 Å². The van der Waals surface area contributed by atoms with Gasteiger partial charge in [0.05, 0.1) is 22.5 Å². The Labute approximate surface area is 81.8 Å². The number of hydrogen-bond donors (Lipinski definition) is 2. The lowest BCUT2D eigenvalue weighted by atomic mass is 10.1. The first kappa shape index (κ1) is 8.78. The summed E-state index contributed by atoms with van der Waals surface area (Å²) in [6.07, 6.45) is 0.216. The molecule has 13 heavy (non-hydrogen) atoms. The first-order valence-electron chi connectivity index (χ1n) is 4.27. The molecule has 1 aromatic heterocycles. The fraction of sp³-hybridized carbons (Fsp3) is 0.444. The van der Waals surface area contributed by atoms with Gasteiger partial charge in [0.15, 0.2) is 0 Å². The minimum absolute atomic E-state index is 0.478. The molecule has 2 rings (SSSR count). The van der Waals surface area contributed by atoms with E-state index in [0.29, 0.717) is 17.1 Å². The summed E-state index contributed by atoms with van der Waals surface area (Å²) in [6.45, 7) is 2.62. The predicted molar refractivity (Wildman–Crippen MR) is 52.1 cm³/mol. The van der Waals surface area contributed by atoms with Gasteiger partial charge in [-0.15, -0.1) is 0 Å². The number of aromatic nitrogens is 1. The summed E-state index contributed by atoms with van der Waals surface area (Å²) in [7, 11) is 0. The number of rotatable bonds is 0. The van der Waals surface area contributed by atoms with Gasteiger partial charge < -0.3 is 10.4 Å². The molecule has 1 aliphatic rings. The van der Waals surface area contributed by atoms with Crippen molar-refractivity contribution in [2.45, 2.75) is 19.4 Å². The second-order valence-electron chi connectivity index (χ2n) is 3.24. The van der Waals surface area contributed by atoms with Gasteiger partial charge >= 0.3 is 0 Å². The third kappa shape index (κ3) is 1.49. The summed E-state index contributed by atoms with van der Waals surface area (Å²) in [5.74, 6) is 0. The predicted octanol–water partition coefficient (Wildman–Crippen LogP) is 1.89. The van der Waals surface area contributed by atoms with E-state index in [4.69, 9.17) is 11.6 Å².